The summed E-state index contributed by atoms with van der Waals surface area (Å²) < 4.78 is 13.2. The Morgan fingerprint density at radius 3 is 0.773 bits per heavy atom. The largest absolute Gasteiger partial charge is 0.319 e. The molecule has 0 radical (unpaired) electrons. The molecule has 0 N–H and O–H groups in total. The van der Waals surface area contributed by atoms with Crippen LogP contribution in [-0.4, -0.2) is 27.4 Å². The Balaban J connectivity index is 0.000000116. The molecule has 0 saturated carbocycles. The summed E-state index contributed by atoms with van der Waals surface area (Å²) in [6.45, 7) is 47.7. The molecular formula is C135H75N15. The van der Waals surface area contributed by atoms with Crippen molar-refractivity contribution in [3.8, 4) is 119 Å². The van der Waals surface area contributed by atoms with Crippen LogP contribution in [0.25, 0.3) is 261 Å². The lowest BCUT2D eigenvalue weighted by Gasteiger charge is -2.19. The number of benzene rings is 21. The summed E-state index contributed by atoms with van der Waals surface area (Å²) in [7, 11) is 0. The van der Waals surface area contributed by atoms with Gasteiger partial charge in [-0.15, -0.1) is 0 Å². The standard InChI is InChI=1S/3C45H25N5/c1-47-39-17-10-16-37-34-13-5-7-19-41(34)49(44(37)39)31-24-22-30(23-25-31)32-11-3-4-12-33(32)36-15-9-18-40(48-2)45(36)50-42-20-8-6-14-35(42)38-27-29(28-46)21-26-43(38)50;1-47-31-21-25-43-39(27-31)36-13-5-7-16-41(36)49(43)32-22-19-30(20-23-32)33-10-3-4-11-34(33)37-14-9-15-40(48-2)45(37)50-42-17-8-6-12-35(42)38-26-29(28-46)18-24-44(38)50;1-47-31-21-24-37-35-12-5-7-16-41(35)49(44(37)27-31)32-22-19-30(20-23-32)33-10-3-4-11-34(33)38-14-9-15-40(48-2)45(38)50-42-17-8-6-13-36(42)39-26-29(28-46)18-25-43(39)50/h3*3-27H. The molecule has 15 heteroatoms. The quantitative estimate of drug-likeness (QED) is 0.113. The molecule has 6 aromatic heterocycles. The van der Waals surface area contributed by atoms with Gasteiger partial charge in [0.05, 0.1) is 152 Å². The average molecular weight is 1910 g/mol. The van der Waals surface area contributed by atoms with Gasteiger partial charge in [-0.1, -0.05) is 309 Å². The maximum absolute atomic E-state index is 9.68. The molecule has 0 atom stereocenters. The molecule has 27 aromatic rings. The van der Waals surface area contributed by atoms with Crippen LogP contribution in [0.4, 0.5) is 34.1 Å². The molecule has 0 aliphatic carbocycles. The zero-order chi connectivity index (χ0) is 101. The Morgan fingerprint density at radius 2 is 0.413 bits per heavy atom. The van der Waals surface area contributed by atoms with Gasteiger partial charge in [0.2, 0.25) is 22.7 Å². The highest BCUT2D eigenvalue weighted by Gasteiger charge is 2.28. The molecule has 0 fully saturated rings. The van der Waals surface area contributed by atoms with Gasteiger partial charge in [0.25, 0.3) is 0 Å². The monoisotopic (exact) mass is 1910 g/mol. The van der Waals surface area contributed by atoms with E-state index >= 15 is 0 Å². The molecule has 15 nitrogen and oxygen atoms in total. The highest BCUT2D eigenvalue weighted by molar-refractivity contribution is 6.18. The fourth-order valence-corrected chi connectivity index (χ4v) is 22.3. The summed E-state index contributed by atoms with van der Waals surface area (Å²) in [5, 5.41) is 41.7. The summed E-state index contributed by atoms with van der Waals surface area (Å²) >= 11 is 0. The van der Waals surface area contributed by atoms with Crippen molar-refractivity contribution < 1.29 is 0 Å². The number of hydrogen-bond acceptors (Lipinski definition) is 3. The van der Waals surface area contributed by atoms with E-state index in [9.17, 15) is 15.8 Å². The van der Waals surface area contributed by atoms with Crippen molar-refractivity contribution in [3.05, 3.63) is 540 Å². The van der Waals surface area contributed by atoms with E-state index in [4.69, 9.17) is 39.4 Å². The van der Waals surface area contributed by atoms with Crippen molar-refractivity contribution in [1.29, 1.82) is 15.8 Å². The second-order valence-electron chi connectivity index (χ2n) is 36.7. The minimum absolute atomic E-state index is 0.543. The Morgan fingerprint density at radius 1 is 0.167 bits per heavy atom. The minimum Gasteiger partial charge on any atom is -0.319 e. The van der Waals surface area contributed by atoms with E-state index in [2.05, 4.69) is 293 Å². The molecule has 0 amide bonds. The van der Waals surface area contributed by atoms with Crippen LogP contribution in [0.5, 0.6) is 0 Å². The van der Waals surface area contributed by atoms with Crippen molar-refractivity contribution in [2.75, 3.05) is 0 Å². The van der Waals surface area contributed by atoms with Crippen molar-refractivity contribution in [2.24, 2.45) is 0 Å². The molecule has 0 saturated heterocycles. The van der Waals surface area contributed by atoms with E-state index in [0.29, 0.717) is 50.8 Å². The highest BCUT2D eigenvalue weighted by Crippen LogP contribution is 2.51. The van der Waals surface area contributed by atoms with E-state index in [0.717, 1.165) is 232 Å². The van der Waals surface area contributed by atoms with Crippen LogP contribution >= 0.6 is 0 Å². The van der Waals surface area contributed by atoms with Crippen LogP contribution in [0.1, 0.15) is 16.7 Å². The summed E-state index contributed by atoms with van der Waals surface area (Å²) in [5.41, 5.74) is 34.8. The first-order chi connectivity index (χ1) is 74.0. The first-order valence-corrected chi connectivity index (χ1v) is 48.7. The zero-order valence-electron chi connectivity index (χ0n) is 80.0. The van der Waals surface area contributed by atoms with E-state index < -0.39 is 0 Å². The van der Waals surface area contributed by atoms with Crippen LogP contribution in [0.3, 0.4) is 0 Å². The molecule has 690 valence electrons. The molecule has 0 aliphatic rings. The molecule has 21 aromatic carbocycles. The summed E-state index contributed by atoms with van der Waals surface area (Å²) in [6.07, 6.45) is 0. The zero-order valence-corrected chi connectivity index (χ0v) is 80.0. The number of para-hydroxylation sites is 10. The number of aromatic nitrogens is 6. The van der Waals surface area contributed by atoms with Gasteiger partial charge in [0.15, 0.2) is 11.4 Å². The van der Waals surface area contributed by atoms with E-state index in [1.807, 2.05) is 237 Å². The summed E-state index contributed by atoms with van der Waals surface area (Å²) in [6, 6.07) is 160. The van der Waals surface area contributed by atoms with Gasteiger partial charge in [-0.05, 0) is 223 Å². The molecule has 27 rings (SSSR count). The Hall–Kier alpha value is -22.2. The lowest BCUT2D eigenvalue weighted by Crippen LogP contribution is -1.99. The number of fused-ring (bicyclic) bond motifs is 18. The smallest absolute Gasteiger partial charge is 0.211 e. The second-order valence-corrected chi connectivity index (χ2v) is 36.7. The van der Waals surface area contributed by atoms with Gasteiger partial charge in [-0.3, -0.25) is 0 Å². The maximum Gasteiger partial charge on any atom is 0.211 e. The minimum atomic E-state index is 0.543. The van der Waals surface area contributed by atoms with E-state index in [-0.39, 0.29) is 0 Å². The molecule has 0 spiro atoms. The SMILES string of the molecule is [C-]#[N+]c1ccc2c(c1)c1ccccc1n2-c1ccc(-c2ccccc2-c2cccc([N+]#[C-])c2-n2c3ccccc3c3cc(C#N)ccc32)cc1.[C-]#[N+]c1ccc2c3ccccc3n(-c3ccc(-c4ccccc4-c4cccc([N+]#[C-])c4-n4c5ccccc5c5cc(C#N)ccc54)cc3)c2c1.[C-]#[N+]c1cccc(-c2ccccc2-c2ccc(-n3c4ccccc4c4cccc([N+]#[C-])c43)cc2)c1-n1c2ccccc2c2cc(C#N)ccc21. The van der Waals surface area contributed by atoms with Crippen molar-refractivity contribution in [3.63, 3.8) is 0 Å². The Kier molecular flexibility index (Phi) is 22.0. The van der Waals surface area contributed by atoms with Crippen LogP contribution in [-0.2, 0) is 0 Å². The Labute approximate surface area is 861 Å². The van der Waals surface area contributed by atoms with Gasteiger partial charge < -0.3 is 27.4 Å². The molecule has 0 bridgehead atoms. The number of nitrogens with zero attached hydrogens (tertiary/aromatic N) is 15. The average Bonchev–Trinajstić information content (AvgIpc) is 1.55. The van der Waals surface area contributed by atoms with Gasteiger partial charge in [0.1, 0.15) is 0 Å². The fraction of sp³-hybridized carbons (Fsp3) is 0. The topological polar surface area (TPSA) is 127 Å². The number of hydrogen-bond donors (Lipinski definition) is 0. The third-order valence-corrected chi connectivity index (χ3v) is 28.8. The molecule has 150 heavy (non-hydrogen) atoms. The lowest BCUT2D eigenvalue weighted by atomic mass is 9.93. The molecule has 0 unspecified atom stereocenters. The van der Waals surface area contributed by atoms with Crippen molar-refractivity contribution >= 4 is 165 Å². The predicted molar refractivity (Wildman–Crippen MR) is 610 cm³/mol. The van der Waals surface area contributed by atoms with E-state index in [1.165, 1.54) is 0 Å². The van der Waals surface area contributed by atoms with Crippen molar-refractivity contribution in [2.45, 2.75) is 0 Å². The van der Waals surface area contributed by atoms with Gasteiger partial charge in [0, 0.05) is 76.4 Å². The van der Waals surface area contributed by atoms with E-state index in [1.54, 1.807) is 0 Å². The third-order valence-electron chi connectivity index (χ3n) is 28.8. The predicted octanol–water partition coefficient (Wildman–Crippen LogP) is 36.6. The highest BCUT2D eigenvalue weighted by atomic mass is 15.0. The van der Waals surface area contributed by atoms with Gasteiger partial charge in [-0.25, -0.2) is 29.1 Å². The summed E-state index contributed by atoms with van der Waals surface area (Å²) in [4.78, 5) is 23.3. The lowest BCUT2D eigenvalue weighted by molar-refractivity contribution is 1.18. The molecule has 0 aliphatic heterocycles. The normalized spacial score (nSPS) is 11.1. The maximum atomic E-state index is 9.68. The molecule has 6 heterocycles. The second kappa shape index (κ2) is 37.0. The van der Waals surface area contributed by atoms with Crippen LogP contribution < -0.4 is 0 Å². The van der Waals surface area contributed by atoms with Crippen molar-refractivity contribution in [1.82, 2.24) is 27.4 Å². The summed E-state index contributed by atoms with van der Waals surface area (Å²) in [5.74, 6) is 0. The van der Waals surface area contributed by atoms with Crippen LogP contribution in [0.15, 0.2) is 455 Å². The Bertz CT molecular complexity index is 10800. The number of rotatable bonds is 12. The first-order valence-electron chi connectivity index (χ1n) is 48.7. The first kappa shape index (κ1) is 89.2. The van der Waals surface area contributed by atoms with Gasteiger partial charge in [-0.2, -0.15) is 15.8 Å². The van der Waals surface area contributed by atoms with Crippen LogP contribution in [0.2, 0.25) is 0 Å². The van der Waals surface area contributed by atoms with Crippen LogP contribution in [0, 0.1) is 73.4 Å². The van der Waals surface area contributed by atoms with Gasteiger partial charge >= 0.3 is 0 Å². The molecular weight excluding hydrogens is 1830 g/mol. The third kappa shape index (κ3) is 14.7. The number of nitriles is 3. The fourth-order valence-electron chi connectivity index (χ4n) is 22.3.